The van der Waals surface area contributed by atoms with E-state index in [4.69, 9.17) is 9.47 Å². The molecule has 0 radical (unpaired) electrons. The summed E-state index contributed by atoms with van der Waals surface area (Å²) in [6.45, 7) is 2.51. The number of aromatic nitrogens is 2. The van der Waals surface area contributed by atoms with Crippen molar-refractivity contribution in [2.45, 2.75) is 32.1 Å². The number of carbonyl (C=O) groups excluding carboxylic acids is 1. The van der Waals surface area contributed by atoms with Gasteiger partial charge in [-0.1, -0.05) is 24.3 Å². The molecule has 0 saturated heterocycles. The van der Waals surface area contributed by atoms with Crippen molar-refractivity contribution in [3.05, 3.63) is 47.2 Å². The van der Waals surface area contributed by atoms with E-state index in [0.29, 0.717) is 31.2 Å². The van der Waals surface area contributed by atoms with Gasteiger partial charge in [0.2, 0.25) is 5.88 Å². The predicted molar refractivity (Wildman–Crippen MR) is 83.4 cm³/mol. The molecule has 1 N–H and O–H groups in total. The van der Waals surface area contributed by atoms with Gasteiger partial charge in [-0.15, -0.1) is 0 Å². The maximum absolute atomic E-state index is 12.4. The largest absolute Gasteiger partial charge is 0.477 e. The van der Waals surface area contributed by atoms with E-state index < -0.39 is 0 Å². The van der Waals surface area contributed by atoms with Gasteiger partial charge >= 0.3 is 0 Å². The molecule has 1 amide bonds. The van der Waals surface area contributed by atoms with Crippen LogP contribution in [0.2, 0.25) is 0 Å². The number of nitrogens with one attached hydrogen (secondary N) is 1. The van der Waals surface area contributed by atoms with Crippen LogP contribution in [0.15, 0.2) is 30.5 Å². The molecule has 0 fully saturated rings. The summed E-state index contributed by atoms with van der Waals surface area (Å²) in [5.74, 6) is 0.416. The number of carbonyl (C=O) groups is 1. The van der Waals surface area contributed by atoms with Crippen LogP contribution in [0, 0.1) is 0 Å². The van der Waals surface area contributed by atoms with E-state index >= 15 is 0 Å². The van der Waals surface area contributed by atoms with Crippen LogP contribution in [0.4, 0.5) is 0 Å². The van der Waals surface area contributed by atoms with Crippen LogP contribution in [0.25, 0.3) is 0 Å². The molecule has 0 saturated carbocycles. The number of benzene rings is 1. The lowest BCUT2D eigenvalue weighted by Crippen LogP contribution is -2.37. The molecule has 0 bridgehead atoms. The average molecular weight is 313 g/mol. The maximum atomic E-state index is 12.4. The molecule has 6 nitrogen and oxygen atoms in total. The number of hydrogen-bond donors (Lipinski definition) is 1. The van der Waals surface area contributed by atoms with Crippen molar-refractivity contribution in [1.82, 2.24) is 15.1 Å². The third-order valence-corrected chi connectivity index (χ3v) is 4.32. The normalized spacial score (nSPS) is 19.4. The predicted octanol–water partition coefficient (Wildman–Crippen LogP) is 1.54. The summed E-state index contributed by atoms with van der Waals surface area (Å²) in [4.78, 5) is 12.4. The first-order valence-corrected chi connectivity index (χ1v) is 7.96. The number of nitrogens with zero attached hydrogens (tertiary/aromatic N) is 2. The summed E-state index contributed by atoms with van der Waals surface area (Å²) < 4.78 is 13.1. The monoisotopic (exact) mass is 313 g/mol. The first-order valence-electron chi connectivity index (χ1n) is 7.96. The fourth-order valence-electron chi connectivity index (χ4n) is 3.07. The molecule has 23 heavy (non-hydrogen) atoms. The number of hydrogen-bond acceptors (Lipinski definition) is 4. The van der Waals surface area contributed by atoms with E-state index in [9.17, 15) is 4.79 Å². The van der Waals surface area contributed by atoms with Gasteiger partial charge in [0.25, 0.3) is 5.91 Å². The van der Waals surface area contributed by atoms with Crippen LogP contribution in [-0.4, -0.2) is 34.9 Å². The van der Waals surface area contributed by atoms with Crippen LogP contribution in [0.3, 0.4) is 0 Å². The van der Waals surface area contributed by atoms with E-state index in [1.54, 1.807) is 10.9 Å². The van der Waals surface area contributed by atoms with Crippen molar-refractivity contribution >= 4 is 5.91 Å². The van der Waals surface area contributed by atoms with Crippen molar-refractivity contribution in [3.63, 3.8) is 0 Å². The quantitative estimate of drug-likeness (QED) is 0.933. The van der Waals surface area contributed by atoms with Gasteiger partial charge in [0.1, 0.15) is 5.56 Å². The summed E-state index contributed by atoms with van der Waals surface area (Å²) in [6.07, 6.45) is 3.32. The molecule has 1 aromatic heterocycles. The Labute approximate surface area is 134 Å². The molecule has 120 valence electrons. The maximum Gasteiger partial charge on any atom is 0.258 e. The Morgan fingerprint density at radius 3 is 3.13 bits per heavy atom. The minimum absolute atomic E-state index is 0.00108. The van der Waals surface area contributed by atoms with Crippen LogP contribution < -0.4 is 10.1 Å². The zero-order valence-corrected chi connectivity index (χ0v) is 12.8. The average Bonchev–Trinajstić information content (AvgIpc) is 3.03. The highest BCUT2D eigenvalue weighted by Crippen LogP contribution is 2.23. The smallest absolute Gasteiger partial charge is 0.258 e. The Balaban J connectivity index is 1.38. The van der Waals surface area contributed by atoms with E-state index in [1.807, 2.05) is 12.1 Å². The molecular weight excluding hydrogens is 294 g/mol. The third-order valence-electron chi connectivity index (χ3n) is 4.32. The van der Waals surface area contributed by atoms with Crippen LogP contribution >= 0.6 is 0 Å². The highest BCUT2D eigenvalue weighted by Gasteiger charge is 2.23. The SMILES string of the molecule is O=C(NC[C@@H]1Cc2ccccc2CO1)c1cnn2c1OCCC2. The summed E-state index contributed by atoms with van der Waals surface area (Å²) in [6, 6.07) is 8.26. The second-order valence-electron chi connectivity index (χ2n) is 5.90. The van der Waals surface area contributed by atoms with Gasteiger partial charge in [-0.2, -0.15) is 5.10 Å². The van der Waals surface area contributed by atoms with Crippen LogP contribution in [-0.2, 0) is 24.3 Å². The fraction of sp³-hybridized carbons (Fsp3) is 0.412. The lowest BCUT2D eigenvalue weighted by atomic mass is 9.99. The summed E-state index contributed by atoms with van der Waals surface area (Å²) in [5, 5.41) is 7.14. The molecule has 2 aliphatic heterocycles. The van der Waals surface area contributed by atoms with Crippen molar-refractivity contribution in [3.8, 4) is 5.88 Å². The molecule has 1 atom stereocenters. The molecule has 4 rings (SSSR count). The van der Waals surface area contributed by atoms with Gasteiger partial charge in [0.15, 0.2) is 0 Å². The molecule has 3 heterocycles. The number of fused-ring (bicyclic) bond motifs is 2. The van der Waals surface area contributed by atoms with Gasteiger partial charge in [-0.3, -0.25) is 4.79 Å². The number of rotatable bonds is 3. The minimum atomic E-state index is -0.157. The Hall–Kier alpha value is -2.34. The first kappa shape index (κ1) is 14.3. The highest BCUT2D eigenvalue weighted by atomic mass is 16.5. The van der Waals surface area contributed by atoms with E-state index in [2.05, 4.69) is 22.5 Å². The lowest BCUT2D eigenvalue weighted by Gasteiger charge is -2.25. The van der Waals surface area contributed by atoms with Crippen molar-refractivity contribution in [2.75, 3.05) is 13.2 Å². The van der Waals surface area contributed by atoms with Gasteiger partial charge in [-0.25, -0.2) is 4.68 Å². The minimum Gasteiger partial charge on any atom is -0.477 e. The van der Waals surface area contributed by atoms with Crippen molar-refractivity contribution in [2.24, 2.45) is 0 Å². The molecule has 0 unspecified atom stereocenters. The van der Waals surface area contributed by atoms with Gasteiger partial charge < -0.3 is 14.8 Å². The number of amides is 1. The summed E-state index contributed by atoms with van der Waals surface area (Å²) in [7, 11) is 0. The van der Waals surface area contributed by atoms with Gasteiger partial charge in [0.05, 0.1) is 25.5 Å². The number of ether oxygens (including phenoxy) is 2. The zero-order valence-electron chi connectivity index (χ0n) is 12.8. The molecule has 1 aromatic carbocycles. The third kappa shape index (κ3) is 2.82. The highest BCUT2D eigenvalue weighted by molar-refractivity contribution is 5.96. The van der Waals surface area contributed by atoms with Gasteiger partial charge in [-0.05, 0) is 11.1 Å². The molecule has 0 spiro atoms. The molecule has 6 heteroatoms. The molecule has 2 aromatic rings. The molecule has 2 aliphatic rings. The Bertz CT molecular complexity index is 726. The Morgan fingerprint density at radius 2 is 2.22 bits per heavy atom. The Morgan fingerprint density at radius 1 is 1.35 bits per heavy atom. The van der Waals surface area contributed by atoms with E-state index in [-0.39, 0.29) is 12.0 Å². The summed E-state index contributed by atoms with van der Waals surface area (Å²) in [5.41, 5.74) is 3.03. The second-order valence-corrected chi connectivity index (χ2v) is 5.90. The first-order chi connectivity index (χ1) is 11.3. The molecule has 0 aliphatic carbocycles. The fourth-order valence-corrected chi connectivity index (χ4v) is 3.07. The topological polar surface area (TPSA) is 65.4 Å². The Kier molecular flexibility index (Phi) is 3.75. The lowest BCUT2D eigenvalue weighted by molar-refractivity contribution is 0.0284. The number of aryl methyl sites for hydroxylation is 1. The van der Waals surface area contributed by atoms with E-state index in [0.717, 1.165) is 19.4 Å². The zero-order chi connectivity index (χ0) is 15.6. The van der Waals surface area contributed by atoms with Gasteiger partial charge in [0, 0.05) is 25.9 Å². The second kappa shape index (κ2) is 6.04. The molecular formula is C17H19N3O3. The standard InChI is InChI=1S/C17H19N3O3/c21-16(15-10-19-20-6-3-7-22-17(15)20)18-9-14-8-12-4-1-2-5-13(12)11-23-14/h1-2,4-5,10,14H,3,6-9,11H2,(H,18,21)/t14-/m0/s1. The van der Waals surface area contributed by atoms with Crippen molar-refractivity contribution in [1.29, 1.82) is 0 Å². The van der Waals surface area contributed by atoms with E-state index in [1.165, 1.54) is 11.1 Å². The van der Waals surface area contributed by atoms with Crippen LogP contribution in [0.1, 0.15) is 27.9 Å². The summed E-state index contributed by atoms with van der Waals surface area (Å²) >= 11 is 0. The van der Waals surface area contributed by atoms with Crippen molar-refractivity contribution < 1.29 is 14.3 Å². The van der Waals surface area contributed by atoms with Crippen LogP contribution in [0.5, 0.6) is 5.88 Å².